The first-order valence-electron chi connectivity index (χ1n) is 7.40. The number of methoxy groups -OCH3 is 2. The molecule has 2 atom stereocenters. The number of aliphatic imine (C=N–C) groups is 2. The molecule has 0 unspecified atom stereocenters. The zero-order chi connectivity index (χ0) is 16.3. The van der Waals surface area contributed by atoms with Gasteiger partial charge < -0.3 is 9.47 Å². The van der Waals surface area contributed by atoms with Crippen LogP contribution in [0.4, 0.5) is 0 Å². The number of nitrogens with zero attached hydrogens (tertiary/aromatic N) is 2. The van der Waals surface area contributed by atoms with Gasteiger partial charge in [0.1, 0.15) is 11.6 Å². The SMILES string of the molecule is COC1=N[C@](C)(Cc2ccc(Br)cc2)C(OC)=N[C@H]1C(C)C. The molecule has 0 N–H and O–H groups in total. The smallest absolute Gasteiger partial charge is 0.212 e. The standard InChI is InChI=1S/C17H23BrN2O2/c1-11(2)14-15(21-4)20-17(3,16(19-14)22-5)10-12-6-8-13(18)9-7-12/h6-9,11,14H,10H2,1-5H3/t14-,17+/m0/s1. The molecular weight excluding hydrogens is 344 g/mol. The van der Waals surface area contributed by atoms with Gasteiger partial charge in [0.15, 0.2) is 0 Å². The first-order valence-corrected chi connectivity index (χ1v) is 8.19. The molecule has 0 radical (unpaired) electrons. The Bertz CT molecular complexity index is 581. The van der Waals surface area contributed by atoms with Gasteiger partial charge >= 0.3 is 0 Å². The number of benzene rings is 1. The van der Waals surface area contributed by atoms with Crippen molar-refractivity contribution < 1.29 is 9.47 Å². The Labute approximate surface area is 140 Å². The third-order valence-electron chi connectivity index (χ3n) is 3.82. The van der Waals surface area contributed by atoms with Crippen LogP contribution in [0.5, 0.6) is 0 Å². The maximum absolute atomic E-state index is 5.55. The molecule has 5 heteroatoms. The van der Waals surface area contributed by atoms with E-state index in [1.165, 1.54) is 5.56 Å². The highest BCUT2D eigenvalue weighted by Gasteiger charge is 2.39. The van der Waals surface area contributed by atoms with Gasteiger partial charge in [-0.1, -0.05) is 41.9 Å². The fourth-order valence-electron chi connectivity index (χ4n) is 2.67. The Morgan fingerprint density at radius 1 is 1.18 bits per heavy atom. The molecule has 120 valence electrons. The number of hydrogen-bond donors (Lipinski definition) is 0. The summed E-state index contributed by atoms with van der Waals surface area (Å²) in [4.78, 5) is 9.58. The molecule has 0 aliphatic carbocycles. The van der Waals surface area contributed by atoms with Crippen molar-refractivity contribution >= 4 is 27.7 Å². The van der Waals surface area contributed by atoms with Crippen molar-refractivity contribution in [3.8, 4) is 0 Å². The normalized spacial score (nSPS) is 24.8. The van der Waals surface area contributed by atoms with E-state index < -0.39 is 5.54 Å². The van der Waals surface area contributed by atoms with Gasteiger partial charge in [0.05, 0.1) is 14.2 Å². The molecule has 22 heavy (non-hydrogen) atoms. The largest absolute Gasteiger partial charge is 0.483 e. The van der Waals surface area contributed by atoms with Crippen LogP contribution in [0, 0.1) is 5.92 Å². The summed E-state index contributed by atoms with van der Waals surface area (Å²) < 4.78 is 12.1. The molecule has 1 aliphatic rings. The van der Waals surface area contributed by atoms with Gasteiger partial charge in [0.25, 0.3) is 0 Å². The van der Waals surface area contributed by atoms with Gasteiger partial charge in [-0.25, -0.2) is 9.98 Å². The summed E-state index contributed by atoms with van der Waals surface area (Å²) in [5.41, 5.74) is 0.636. The zero-order valence-electron chi connectivity index (χ0n) is 13.8. The van der Waals surface area contributed by atoms with E-state index in [1.54, 1.807) is 14.2 Å². The number of hydrogen-bond acceptors (Lipinski definition) is 4. The highest BCUT2D eigenvalue weighted by atomic mass is 79.9. The molecule has 0 aromatic heterocycles. The Kier molecular flexibility index (Phi) is 5.27. The molecule has 1 aliphatic heterocycles. The predicted octanol–water partition coefficient (Wildman–Crippen LogP) is 3.88. The molecule has 0 saturated heterocycles. The first kappa shape index (κ1) is 17.0. The fraction of sp³-hybridized carbons (Fsp3) is 0.529. The molecule has 0 bridgehead atoms. The number of ether oxygens (including phenoxy) is 2. The molecule has 1 aromatic carbocycles. The first-order chi connectivity index (χ1) is 10.4. The van der Waals surface area contributed by atoms with Crippen LogP contribution < -0.4 is 0 Å². The number of halogens is 1. The van der Waals surface area contributed by atoms with Gasteiger partial charge in [0.2, 0.25) is 11.8 Å². The minimum atomic E-state index is -0.542. The van der Waals surface area contributed by atoms with Crippen LogP contribution in [0.2, 0.25) is 0 Å². The van der Waals surface area contributed by atoms with Crippen molar-refractivity contribution in [3.05, 3.63) is 34.3 Å². The van der Waals surface area contributed by atoms with Gasteiger partial charge in [-0.2, -0.15) is 0 Å². The van der Waals surface area contributed by atoms with Crippen LogP contribution in [-0.4, -0.2) is 37.6 Å². The average molecular weight is 367 g/mol. The second kappa shape index (κ2) is 6.82. The van der Waals surface area contributed by atoms with Crippen molar-refractivity contribution in [2.45, 2.75) is 38.8 Å². The second-order valence-corrected chi connectivity index (χ2v) is 6.97. The lowest BCUT2D eigenvalue weighted by atomic mass is 9.90. The predicted molar refractivity (Wildman–Crippen MR) is 93.8 cm³/mol. The van der Waals surface area contributed by atoms with E-state index >= 15 is 0 Å². The van der Waals surface area contributed by atoms with Crippen LogP contribution >= 0.6 is 15.9 Å². The molecule has 0 spiro atoms. The highest BCUT2D eigenvalue weighted by molar-refractivity contribution is 9.10. The van der Waals surface area contributed by atoms with Crippen molar-refractivity contribution in [3.63, 3.8) is 0 Å². The molecular formula is C17H23BrN2O2. The second-order valence-electron chi connectivity index (χ2n) is 6.06. The van der Waals surface area contributed by atoms with Crippen molar-refractivity contribution in [2.24, 2.45) is 15.9 Å². The van der Waals surface area contributed by atoms with Crippen LogP contribution in [0.15, 0.2) is 38.7 Å². The van der Waals surface area contributed by atoms with Crippen molar-refractivity contribution in [2.75, 3.05) is 14.2 Å². The summed E-state index contributed by atoms with van der Waals surface area (Å²) in [6, 6.07) is 8.14. The molecule has 1 heterocycles. The van der Waals surface area contributed by atoms with Gasteiger partial charge in [-0.3, -0.25) is 0 Å². The van der Waals surface area contributed by atoms with Crippen molar-refractivity contribution in [1.29, 1.82) is 0 Å². The minimum absolute atomic E-state index is 0.0852. The van der Waals surface area contributed by atoms with Crippen LogP contribution in [0.1, 0.15) is 26.3 Å². The topological polar surface area (TPSA) is 43.2 Å². The Hall–Kier alpha value is -1.36. The summed E-state index contributed by atoms with van der Waals surface area (Å²) in [5.74, 6) is 1.64. The maximum atomic E-state index is 5.55. The van der Waals surface area contributed by atoms with Gasteiger partial charge in [0, 0.05) is 10.9 Å². The van der Waals surface area contributed by atoms with Crippen LogP contribution in [-0.2, 0) is 15.9 Å². The zero-order valence-corrected chi connectivity index (χ0v) is 15.3. The summed E-state index contributed by atoms with van der Waals surface area (Å²) in [6.07, 6.45) is 0.713. The minimum Gasteiger partial charge on any atom is -0.483 e. The van der Waals surface area contributed by atoms with E-state index in [-0.39, 0.29) is 6.04 Å². The molecule has 0 amide bonds. The fourth-order valence-corrected chi connectivity index (χ4v) is 2.93. The van der Waals surface area contributed by atoms with E-state index in [0.29, 0.717) is 24.1 Å². The van der Waals surface area contributed by atoms with E-state index in [1.807, 2.05) is 19.1 Å². The molecule has 0 saturated carbocycles. The van der Waals surface area contributed by atoms with Gasteiger partial charge in [-0.05, 0) is 30.5 Å². The Balaban J connectivity index is 2.35. The lowest BCUT2D eigenvalue weighted by molar-refractivity contribution is 0.310. The van der Waals surface area contributed by atoms with Crippen LogP contribution in [0.25, 0.3) is 0 Å². The highest BCUT2D eigenvalue weighted by Crippen LogP contribution is 2.28. The summed E-state index contributed by atoms with van der Waals surface area (Å²) in [5, 5.41) is 0. The maximum Gasteiger partial charge on any atom is 0.212 e. The van der Waals surface area contributed by atoms with Gasteiger partial charge in [-0.15, -0.1) is 0 Å². The third kappa shape index (κ3) is 3.51. The van der Waals surface area contributed by atoms with E-state index in [2.05, 4.69) is 41.9 Å². The average Bonchev–Trinajstić information content (AvgIpc) is 2.48. The molecule has 4 nitrogen and oxygen atoms in total. The van der Waals surface area contributed by atoms with E-state index in [0.717, 1.165) is 4.47 Å². The lowest BCUT2D eigenvalue weighted by Crippen LogP contribution is -2.46. The number of rotatable bonds is 3. The third-order valence-corrected chi connectivity index (χ3v) is 4.35. The Morgan fingerprint density at radius 2 is 1.82 bits per heavy atom. The monoisotopic (exact) mass is 366 g/mol. The Morgan fingerprint density at radius 3 is 2.32 bits per heavy atom. The van der Waals surface area contributed by atoms with Crippen LogP contribution in [0.3, 0.4) is 0 Å². The van der Waals surface area contributed by atoms with E-state index in [9.17, 15) is 0 Å². The molecule has 0 fully saturated rings. The molecule has 1 aromatic rings. The summed E-state index contributed by atoms with van der Waals surface area (Å²) >= 11 is 3.46. The van der Waals surface area contributed by atoms with E-state index in [4.69, 9.17) is 19.5 Å². The van der Waals surface area contributed by atoms with Crippen molar-refractivity contribution in [1.82, 2.24) is 0 Å². The molecule has 2 rings (SSSR count). The quantitative estimate of drug-likeness (QED) is 0.814. The lowest BCUT2D eigenvalue weighted by Gasteiger charge is -2.33. The summed E-state index contributed by atoms with van der Waals surface area (Å²) in [7, 11) is 3.31. The summed E-state index contributed by atoms with van der Waals surface area (Å²) in [6.45, 7) is 6.24.